The number of rotatable bonds is 10. The van der Waals surface area contributed by atoms with Crippen molar-refractivity contribution in [2.45, 2.75) is 39.2 Å². The summed E-state index contributed by atoms with van der Waals surface area (Å²) in [5.74, 6) is -0.524. The lowest BCUT2D eigenvalue weighted by atomic mass is 10.0. The lowest BCUT2D eigenvalue weighted by Gasteiger charge is -2.09. The first-order chi connectivity index (χ1) is 17.9. The largest absolute Gasteiger partial charge is 0.453 e. The molecule has 4 aromatic heterocycles. The standard InChI is InChI=1S/C27H23FN4O3S2/c1-16(2)32-14-22(31-15-32)25-13-21-27(37-25)24(5-6-29-21)35-23-4-3-17(10-20(23)28)9-18(33)11-19(34)12-26-30-7-8-36-26/h3-8,10,13-16H,9,11-12H2,1-2H3. The smallest absolute Gasteiger partial charge is 0.166 e. The van der Waals surface area contributed by atoms with Crippen molar-refractivity contribution in [3.05, 3.63) is 77.0 Å². The Balaban J connectivity index is 1.28. The monoisotopic (exact) mass is 534 g/mol. The second-order valence-electron chi connectivity index (χ2n) is 8.83. The van der Waals surface area contributed by atoms with E-state index in [9.17, 15) is 14.0 Å². The minimum Gasteiger partial charge on any atom is -0.453 e. The highest BCUT2D eigenvalue weighted by atomic mass is 32.1. The SMILES string of the molecule is CC(C)n1cnc(-c2cc3nccc(Oc4ccc(CC(=O)CC(=O)Cc5nccs5)cc4F)c3s2)c1. The van der Waals surface area contributed by atoms with Gasteiger partial charge in [0.1, 0.15) is 17.3 Å². The Labute approximate surface area is 220 Å². The van der Waals surface area contributed by atoms with Crippen LogP contribution in [-0.4, -0.2) is 31.1 Å². The molecule has 0 unspecified atom stereocenters. The normalized spacial score (nSPS) is 11.4. The zero-order chi connectivity index (χ0) is 25.9. The number of ether oxygens (including phenoxy) is 1. The fraction of sp³-hybridized carbons (Fsp3) is 0.222. The zero-order valence-corrected chi connectivity index (χ0v) is 21.8. The molecule has 0 aliphatic heterocycles. The number of fused-ring (bicyclic) bond motifs is 1. The van der Waals surface area contributed by atoms with Crippen molar-refractivity contribution in [1.29, 1.82) is 0 Å². The van der Waals surface area contributed by atoms with Crippen LogP contribution in [0.3, 0.4) is 0 Å². The summed E-state index contributed by atoms with van der Waals surface area (Å²) < 4.78 is 23.7. The van der Waals surface area contributed by atoms with E-state index >= 15 is 0 Å². The first-order valence-electron chi connectivity index (χ1n) is 11.7. The van der Waals surface area contributed by atoms with Gasteiger partial charge in [-0.1, -0.05) is 6.07 Å². The van der Waals surface area contributed by atoms with Crippen LogP contribution in [0.25, 0.3) is 20.8 Å². The number of carbonyl (C=O) groups is 2. The number of thiophene rings is 1. The van der Waals surface area contributed by atoms with E-state index in [2.05, 4.69) is 28.8 Å². The van der Waals surface area contributed by atoms with Crippen molar-refractivity contribution < 1.29 is 18.7 Å². The van der Waals surface area contributed by atoms with Gasteiger partial charge in [-0.3, -0.25) is 14.6 Å². The molecule has 0 saturated carbocycles. The summed E-state index contributed by atoms with van der Waals surface area (Å²) in [6.07, 6.45) is 6.93. The summed E-state index contributed by atoms with van der Waals surface area (Å²) in [5.41, 5.74) is 2.06. The molecule has 5 rings (SSSR count). The number of nitrogens with zero attached hydrogens (tertiary/aromatic N) is 4. The molecule has 0 atom stereocenters. The third-order valence-corrected chi connectivity index (χ3v) is 7.61. The maximum Gasteiger partial charge on any atom is 0.166 e. The zero-order valence-electron chi connectivity index (χ0n) is 20.2. The molecule has 0 fully saturated rings. The molecule has 0 bridgehead atoms. The van der Waals surface area contributed by atoms with Crippen molar-refractivity contribution in [2.75, 3.05) is 0 Å². The Bertz CT molecular complexity index is 1570. The van der Waals surface area contributed by atoms with Gasteiger partial charge < -0.3 is 9.30 Å². The number of pyridine rings is 1. The molecule has 1 aromatic carbocycles. The van der Waals surface area contributed by atoms with Gasteiger partial charge >= 0.3 is 0 Å². The summed E-state index contributed by atoms with van der Waals surface area (Å²) in [7, 11) is 0. The molecule has 188 valence electrons. The molecule has 5 aromatic rings. The molecule has 0 saturated heterocycles. The van der Waals surface area contributed by atoms with Crippen LogP contribution in [0.15, 0.2) is 60.6 Å². The van der Waals surface area contributed by atoms with Crippen LogP contribution in [0.4, 0.5) is 4.39 Å². The predicted octanol–water partition coefficient (Wildman–Crippen LogP) is 6.44. The van der Waals surface area contributed by atoms with Gasteiger partial charge in [0, 0.05) is 42.5 Å². The van der Waals surface area contributed by atoms with Gasteiger partial charge in [-0.25, -0.2) is 14.4 Å². The Morgan fingerprint density at radius 1 is 1.03 bits per heavy atom. The first-order valence-corrected chi connectivity index (χ1v) is 13.4. The highest BCUT2D eigenvalue weighted by molar-refractivity contribution is 7.22. The number of hydrogen-bond donors (Lipinski definition) is 0. The number of thiazole rings is 1. The fourth-order valence-electron chi connectivity index (χ4n) is 3.80. The second kappa shape index (κ2) is 10.7. The van der Waals surface area contributed by atoms with E-state index in [1.165, 1.54) is 34.8 Å². The number of Topliss-reactive ketones (excluding diaryl/α,β-unsaturated/α-hetero) is 2. The van der Waals surface area contributed by atoms with E-state index in [0.29, 0.717) is 22.4 Å². The van der Waals surface area contributed by atoms with Crippen LogP contribution < -0.4 is 4.74 Å². The predicted molar refractivity (Wildman–Crippen MR) is 142 cm³/mol. The Morgan fingerprint density at radius 2 is 1.86 bits per heavy atom. The summed E-state index contributed by atoms with van der Waals surface area (Å²) in [6.45, 7) is 4.17. The molecule has 7 nitrogen and oxygen atoms in total. The van der Waals surface area contributed by atoms with Gasteiger partial charge in [0.2, 0.25) is 0 Å². The van der Waals surface area contributed by atoms with Crippen LogP contribution in [0.5, 0.6) is 11.5 Å². The van der Waals surface area contributed by atoms with Crippen LogP contribution in [-0.2, 0) is 22.4 Å². The van der Waals surface area contributed by atoms with Gasteiger partial charge in [0.05, 0.1) is 45.0 Å². The van der Waals surface area contributed by atoms with Gasteiger partial charge in [0.25, 0.3) is 0 Å². The lowest BCUT2D eigenvalue weighted by molar-refractivity contribution is -0.126. The quantitative estimate of drug-likeness (QED) is 0.192. The summed E-state index contributed by atoms with van der Waals surface area (Å²) in [4.78, 5) is 38.4. The van der Waals surface area contributed by atoms with Gasteiger partial charge in [0.15, 0.2) is 11.6 Å². The molecule has 0 amide bonds. The van der Waals surface area contributed by atoms with E-state index < -0.39 is 5.82 Å². The maximum atomic E-state index is 14.9. The molecule has 4 heterocycles. The molecule has 37 heavy (non-hydrogen) atoms. The summed E-state index contributed by atoms with van der Waals surface area (Å²) >= 11 is 2.85. The van der Waals surface area contributed by atoms with Crippen molar-refractivity contribution in [2.24, 2.45) is 0 Å². The number of imidazole rings is 1. The molecule has 0 radical (unpaired) electrons. The summed E-state index contributed by atoms with van der Waals surface area (Å²) in [5, 5.41) is 2.46. The van der Waals surface area contributed by atoms with Crippen molar-refractivity contribution in [3.63, 3.8) is 0 Å². The first kappa shape index (κ1) is 24.9. The highest BCUT2D eigenvalue weighted by Crippen LogP contribution is 2.39. The second-order valence-corrected chi connectivity index (χ2v) is 10.9. The maximum absolute atomic E-state index is 14.9. The van der Waals surface area contributed by atoms with Crippen LogP contribution >= 0.6 is 22.7 Å². The fourth-order valence-corrected chi connectivity index (χ4v) is 5.48. The van der Waals surface area contributed by atoms with E-state index in [1.54, 1.807) is 36.2 Å². The Hall–Kier alpha value is -3.76. The van der Waals surface area contributed by atoms with Crippen LogP contribution in [0, 0.1) is 5.82 Å². The molecule has 0 aliphatic carbocycles. The minimum atomic E-state index is -0.586. The molecular formula is C27H23FN4O3S2. The lowest BCUT2D eigenvalue weighted by Crippen LogP contribution is -2.12. The van der Waals surface area contributed by atoms with Crippen LogP contribution in [0.2, 0.25) is 0 Å². The number of carbonyl (C=O) groups excluding carboxylic acids is 2. The molecule has 0 aliphatic rings. The van der Waals surface area contributed by atoms with Gasteiger partial charge in [-0.15, -0.1) is 22.7 Å². The number of hydrogen-bond acceptors (Lipinski definition) is 8. The molecule has 10 heteroatoms. The topological polar surface area (TPSA) is 87.0 Å². The molecule has 0 N–H and O–H groups in total. The molecule has 0 spiro atoms. The Morgan fingerprint density at radius 3 is 2.59 bits per heavy atom. The van der Waals surface area contributed by atoms with E-state index in [0.717, 1.165) is 20.8 Å². The number of benzene rings is 1. The van der Waals surface area contributed by atoms with Gasteiger partial charge in [-0.05, 0) is 37.6 Å². The summed E-state index contributed by atoms with van der Waals surface area (Å²) in [6, 6.07) is 8.35. The average Bonchev–Trinajstić information content (AvgIpc) is 3.61. The van der Waals surface area contributed by atoms with Crippen molar-refractivity contribution in [3.8, 4) is 22.1 Å². The number of ketones is 2. The molecular weight excluding hydrogens is 511 g/mol. The number of aromatic nitrogens is 4. The van der Waals surface area contributed by atoms with Crippen LogP contribution in [0.1, 0.15) is 36.9 Å². The Kier molecular flexibility index (Phi) is 7.20. The third kappa shape index (κ3) is 5.81. The number of halogens is 1. The van der Waals surface area contributed by atoms with E-state index in [4.69, 9.17) is 4.74 Å². The van der Waals surface area contributed by atoms with Gasteiger partial charge in [-0.2, -0.15) is 0 Å². The third-order valence-electron chi connectivity index (χ3n) is 5.67. The average molecular weight is 535 g/mol. The van der Waals surface area contributed by atoms with E-state index in [1.807, 2.05) is 16.8 Å². The van der Waals surface area contributed by atoms with Crippen molar-refractivity contribution in [1.82, 2.24) is 19.5 Å². The minimum absolute atomic E-state index is 0.0301. The highest BCUT2D eigenvalue weighted by Gasteiger charge is 2.16. The van der Waals surface area contributed by atoms with Crippen molar-refractivity contribution >= 4 is 44.5 Å². The van der Waals surface area contributed by atoms with E-state index in [-0.39, 0.29) is 36.6 Å².